The molecule has 1 aliphatic heterocycles. The van der Waals surface area contributed by atoms with E-state index in [-0.39, 0.29) is 24.3 Å². The molecule has 3 aromatic rings. The van der Waals surface area contributed by atoms with Crippen molar-refractivity contribution in [2.75, 3.05) is 7.11 Å². The lowest BCUT2D eigenvalue weighted by Gasteiger charge is -2.14. The molecule has 0 radical (unpaired) electrons. The zero-order valence-corrected chi connectivity index (χ0v) is 20.7. The zero-order valence-electron chi connectivity index (χ0n) is 17.6. The first-order valence-corrected chi connectivity index (χ1v) is 12.0. The van der Waals surface area contributed by atoms with E-state index in [4.69, 9.17) is 21.1 Å². The first-order chi connectivity index (χ1) is 16.0. The van der Waals surface area contributed by atoms with Crippen molar-refractivity contribution in [1.29, 1.82) is 0 Å². The van der Waals surface area contributed by atoms with Crippen LogP contribution in [0.5, 0.6) is 11.5 Å². The number of halogens is 2. The number of carbonyl (C=O) groups is 2. The van der Waals surface area contributed by atoms with Crippen molar-refractivity contribution in [3.05, 3.63) is 97.8 Å². The molecule has 0 atom stereocenters. The van der Waals surface area contributed by atoms with Crippen molar-refractivity contribution in [1.82, 2.24) is 4.90 Å². The van der Waals surface area contributed by atoms with Gasteiger partial charge < -0.3 is 9.47 Å². The van der Waals surface area contributed by atoms with Crippen LogP contribution in [-0.2, 0) is 17.9 Å². The van der Waals surface area contributed by atoms with Gasteiger partial charge in [-0.25, -0.2) is 0 Å². The van der Waals surface area contributed by atoms with Crippen LogP contribution in [0.2, 0.25) is 5.02 Å². The SMILES string of the molecule is COc1cccc(/C=C2\SC(=O)N(Cc3ccccc3Br)C2=O)c1OCc1cccc(Cl)c1. The molecule has 1 aliphatic rings. The quantitative estimate of drug-likeness (QED) is 0.302. The fourth-order valence-corrected chi connectivity index (χ4v) is 4.77. The van der Waals surface area contributed by atoms with E-state index < -0.39 is 0 Å². The van der Waals surface area contributed by atoms with E-state index in [0.29, 0.717) is 27.0 Å². The van der Waals surface area contributed by atoms with Crippen LogP contribution in [0.4, 0.5) is 4.79 Å². The van der Waals surface area contributed by atoms with Crippen molar-refractivity contribution in [3.63, 3.8) is 0 Å². The summed E-state index contributed by atoms with van der Waals surface area (Å²) in [5.41, 5.74) is 2.39. The smallest absolute Gasteiger partial charge is 0.293 e. The van der Waals surface area contributed by atoms with Gasteiger partial charge in [-0.2, -0.15) is 0 Å². The molecule has 0 spiro atoms. The Kier molecular flexibility index (Phi) is 7.42. The van der Waals surface area contributed by atoms with Crippen LogP contribution in [0.3, 0.4) is 0 Å². The third-order valence-corrected chi connectivity index (χ3v) is 6.86. The van der Waals surface area contributed by atoms with Crippen LogP contribution < -0.4 is 9.47 Å². The number of amides is 2. The molecule has 3 aromatic carbocycles. The molecule has 1 fully saturated rings. The molecule has 0 bridgehead atoms. The molecule has 4 rings (SSSR count). The first-order valence-electron chi connectivity index (χ1n) is 9.99. The fraction of sp³-hybridized carbons (Fsp3) is 0.120. The van der Waals surface area contributed by atoms with Gasteiger partial charge in [-0.15, -0.1) is 0 Å². The molecular formula is C25H19BrClNO4S. The molecule has 0 unspecified atom stereocenters. The molecule has 1 heterocycles. The highest BCUT2D eigenvalue weighted by Gasteiger charge is 2.35. The van der Waals surface area contributed by atoms with Gasteiger partial charge in [0.25, 0.3) is 11.1 Å². The van der Waals surface area contributed by atoms with E-state index in [1.54, 1.807) is 25.3 Å². The second-order valence-electron chi connectivity index (χ2n) is 7.16. The monoisotopic (exact) mass is 543 g/mol. The van der Waals surface area contributed by atoms with Gasteiger partial charge in [0.1, 0.15) is 6.61 Å². The average Bonchev–Trinajstić information content (AvgIpc) is 3.06. The fourth-order valence-electron chi connectivity index (χ4n) is 3.32. The number of hydrogen-bond donors (Lipinski definition) is 0. The Bertz CT molecular complexity index is 1250. The Hall–Kier alpha value is -2.74. The van der Waals surface area contributed by atoms with Gasteiger partial charge in [-0.05, 0) is 53.2 Å². The van der Waals surface area contributed by atoms with Crippen molar-refractivity contribution in [3.8, 4) is 11.5 Å². The Labute approximate surface area is 209 Å². The molecule has 0 N–H and O–H groups in total. The van der Waals surface area contributed by atoms with Crippen LogP contribution in [-0.4, -0.2) is 23.2 Å². The molecule has 0 aromatic heterocycles. The number of benzene rings is 3. The van der Waals surface area contributed by atoms with E-state index in [0.717, 1.165) is 27.4 Å². The Morgan fingerprint density at radius 2 is 1.85 bits per heavy atom. The summed E-state index contributed by atoms with van der Waals surface area (Å²) < 4.78 is 12.4. The number of carbonyl (C=O) groups excluding carboxylic acids is 2. The largest absolute Gasteiger partial charge is 0.493 e. The van der Waals surface area contributed by atoms with Gasteiger partial charge in [0, 0.05) is 15.1 Å². The molecule has 5 nitrogen and oxygen atoms in total. The summed E-state index contributed by atoms with van der Waals surface area (Å²) in [5.74, 6) is 0.667. The van der Waals surface area contributed by atoms with Crippen LogP contribution in [0, 0.1) is 0 Å². The van der Waals surface area contributed by atoms with Crippen molar-refractivity contribution in [2.24, 2.45) is 0 Å². The lowest BCUT2D eigenvalue weighted by atomic mass is 10.1. The molecule has 168 valence electrons. The summed E-state index contributed by atoms with van der Waals surface area (Å²) in [6.45, 7) is 0.463. The summed E-state index contributed by atoms with van der Waals surface area (Å²) in [6.07, 6.45) is 1.67. The second-order valence-corrected chi connectivity index (χ2v) is 9.44. The predicted molar refractivity (Wildman–Crippen MR) is 134 cm³/mol. The van der Waals surface area contributed by atoms with Gasteiger partial charge in [0.2, 0.25) is 0 Å². The predicted octanol–water partition coefficient (Wildman–Crippen LogP) is 6.93. The topological polar surface area (TPSA) is 55.8 Å². The minimum Gasteiger partial charge on any atom is -0.493 e. The maximum Gasteiger partial charge on any atom is 0.293 e. The minimum absolute atomic E-state index is 0.194. The summed E-state index contributed by atoms with van der Waals surface area (Å²) in [4.78, 5) is 27.2. The van der Waals surface area contributed by atoms with E-state index in [9.17, 15) is 9.59 Å². The van der Waals surface area contributed by atoms with Crippen LogP contribution in [0.25, 0.3) is 6.08 Å². The van der Waals surface area contributed by atoms with Crippen molar-refractivity contribution < 1.29 is 19.1 Å². The number of rotatable bonds is 7. The second kappa shape index (κ2) is 10.5. The number of thioether (sulfide) groups is 1. The number of ether oxygens (including phenoxy) is 2. The third-order valence-electron chi connectivity index (χ3n) is 4.95. The van der Waals surface area contributed by atoms with Gasteiger partial charge >= 0.3 is 0 Å². The summed E-state index contributed by atoms with van der Waals surface area (Å²) in [5, 5.41) is 0.307. The highest BCUT2D eigenvalue weighted by Crippen LogP contribution is 2.38. The Morgan fingerprint density at radius 1 is 1.06 bits per heavy atom. The number of para-hydroxylation sites is 1. The zero-order chi connectivity index (χ0) is 23.4. The maximum absolute atomic E-state index is 13.0. The van der Waals surface area contributed by atoms with Crippen molar-refractivity contribution >= 4 is 56.5 Å². The van der Waals surface area contributed by atoms with Crippen LogP contribution >= 0.6 is 39.3 Å². The average molecular weight is 545 g/mol. The molecule has 0 saturated carbocycles. The third kappa shape index (κ3) is 5.43. The van der Waals surface area contributed by atoms with Gasteiger partial charge in [0.05, 0.1) is 18.6 Å². The first kappa shape index (κ1) is 23.4. The van der Waals surface area contributed by atoms with Crippen molar-refractivity contribution in [2.45, 2.75) is 13.2 Å². The van der Waals surface area contributed by atoms with Gasteiger partial charge in [-0.1, -0.05) is 70.0 Å². The molecule has 1 saturated heterocycles. The molecule has 0 aliphatic carbocycles. The van der Waals surface area contributed by atoms with Gasteiger partial charge in [0.15, 0.2) is 11.5 Å². The highest BCUT2D eigenvalue weighted by atomic mass is 79.9. The van der Waals surface area contributed by atoms with Crippen LogP contribution in [0.15, 0.2) is 76.1 Å². The molecule has 33 heavy (non-hydrogen) atoms. The summed E-state index contributed by atoms with van der Waals surface area (Å²) >= 11 is 10.5. The number of methoxy groups -OCH3 is 1. The maximum atomic E-state index is 13.0. The minimum atomic E-state index is -0.343. The number of imide groups is 1. The lowest BCUT2D eigenvalue weighted by Crippen LogP contribution is -2.27. The molecule has 2 amide bonds. The lowest BCUT2D eigenvalue weighted by molar-refractivity contribution is -0.123. The van der Waals surface area contributed by atoms with E-state index >= 15 is 0 Å². The normalized spacial score (nSPS) is 14.8. The van der Waals surface area contributed by atoms with E-state index in [2.05, 4.69) is 15.9 Å². The van der Waals surface area contributed by atoms with Gasteiger partial charge in [-0.3, -0.25) is 14.5 Å². The molecule has 8 heteroatoms. The standard InChI is InChI=1S/C25H19BrClNO4S/c1-31-21-11-5-8-17(23(21)32-15-16-6-4-9-19(27)12-16)13-22-24(29)28(25(30)33-22)14-18-7-2-3-10-20(18)26/h2-13H,14-15H2,1H3/b22-13-. The van der Waals surface area contributed by atoms with Crippen LogP contribution in [0.1, 0.15) is 16.7 Å². The number of hydrogen-bond acceptors (Lipinski definition) is 5. The summed E-state index contributed by atoms with van der Waals surface area (Å²) in [7, 11) is 1.55. The Morgan fingerprint density at radius 3 is 2.61 bits per heavy atom. The van der Waals surface area contributed by atoms with E-state index in [1.807, 2.05) is 54.6 Å². The molecular weight excluding hydrogens is 526 g/mol. The summed E-state index contributed by atoms with van der Waals surface area (Å²) in [6, 6.07) is 20.3. The highest BCUT2D eigenvalue weighted by molar-refractivity contribution is 9.10. The number of nitrogens with zero attached hydrogens (tertiary/aromatic N) is 1. The Balaban J connectivity index is 1.60. The van der Waals surface area contributed by atoms with E-state index in [1.165, 1.54) is 4.90 Å².